The highest BCUT2D eigenvalue weighted by Crippen LogP contribution is 2.24. The van der Waals surface area contributed by atoms with Gasteiger partial charge in [-0.15, -0.1) is 0 Å². The van der Waals surface area contributed by atoms with Gasteiger partial charge in [0.15, 0.2) is 0 Å². The highest BCUT2D eigenvalue weighted by molar-refractivity contribution is 5.85. The average molecular weight is 200 g/mol. The van der Waals surface area contributed by atoms with E-state index in [1.165, 1.54) is 16.3 Å². The molecule has 78 valence electrons. The highest BCUT2D eigenvalue weighted by Gasteiger charge is 2.09. The van der Waals surface area contributed by atoms with Crippen LogP contribution in [0.25, 0.3) is 10.8 Å². The van der Waals surface area contributed by atoms with E-state index in [1.54, 1.807) is 0 Å². The van der Waals surface area contributed by atoms with E-state index in [2.05, 4.69) is 41.5 Å². The second kappa shape index (κ2) is 4.41. The van der Waals surface area contributed by atoms with Crippen molar-refractivity contribution in [1.82, 2.24) is 10.3 Å². The molecule has 1 unspecified atom stereocenters. The molecule has 2 aromatic rings. The maximum absolute atomic E-state index is 4.14. The fourth-order valence-corrected chi connectivity index (χ4v) is 2.03. The minimum Gasteiger partial charge on any atom is -0.313 e. The van der Waals surface area contributed by atoms with Gasteiger partial charge in [0.05, 0.1) is 0 Å². The van der Waals surface area contributed by atoms with Crippen molar-refractivity contribution in [2.75, 3.05) is 7.05 Å². The summed E-state index contributed by atoms with van der Waals surface area (Å²) < 4.78 is 0. The summed E-state index contributed by atoms with van der Waals surface area (Å²) in [4.78, 5) is 4.14. The molecule has 1 N–H and O–H groups in total. The number of rotatable bonds is 3. The van der Waals surface area contributed by atoms with Crippen LogP contribution in [0.2, 0.25) is 0 Å². The van der Waals surface area contributed by atoms with Gasteiger partial charge in [-0.2, -0.15) is 0 Å². The van der Waals surface area contributed by atoms with Crippen LogP contribution in [-0.4, -0.2) is 12.0 Å². The first-order valence-electron chi connectivity index (χ1n) is 5.36. The molecule has 2 rings (SSSR count). The molecular formula is C13H16N2. The van der Waals surface area contributed by atoms with Gasteiger partial charge in [-0.25, -0.2) is 0 Å². The highest BCUT2D eigenvalue weighted by atomic mass is 14.9. The summed E-state index contributed by atoms with van der Waals surface area (Å²) in [6.07, 6.45) is 4.87. The molecule has 1 atom stereocenters. The van der Waals surface area contributed by atoms with Gasteiger partial charge in [0.2, 0.25) is 0 Å². The third kappa shape index (κ3) is 1.85. The molecule has 0 bridgehead atoms. The number of hydrogen-bond acceptors (Lipinski definition) is 2. The summed E-state index contributed by atoms with van der Waals surface area (Å²) in [6, 6.07) is 8.90. The van der Waals surface area contributed by atoms with Crippen LogP contribution in [0, 0.1) is 0 Å². The third-order valence-corrected chi connectivity index (χ3v) is 2.85. The van der Waals surface area contributed by atoms with Crippen LogP contribution in [0.5, 0.6) is 0 Å². The molecule has 0 saturated carbocycles. The summed E-state index contributed by atoms with van der Waals surface area (Å²) in [5, 5.41) is 5.85. The van der Waals surface area contributed by atoms with E-state index in [-0.39, 0.29) is 0 Å². The van der Waals surface area contributed by atoms with Crippen LogP contribution in [0.15, 0.2) is 36.7 Å². The first-order valence-corrected chi connectivity index (χ1v) is 5.36. The van der Waals surface area contributed by atoms with Crippen molar-refractivity contribution in [3.05, 3.63) is 42.2 Å². The standard InChI is InChI=1S/C13H16N2/c1-3-13(14-2)12-6-4-5-10-9-15-8-7-11(10)12/h4-9,13-14H,3H2,1-2H3. The lowest BCUT2D eigenvalue weighted by Gasteiger charge is -2.16. The Hall–Kier alpha value is -1.41. The van der Waals surface area contributed by atoms with Crippen LogP contribution < -0.4 is 5.32 Å². The molecule has 0 aliphatic carbocycles. The predicted octanol–water partition coefficient (Wildman–Crippen LogP) is 2.91. The molecule has 0 aliphatic rings. The van der Waals surface area contributed by atoms with Crippen LogP contribution in [0.3, 0.4) is 0 Å². The SMILES string of the molecule is CCC(NC)c1cccc2cnccc12. The Labute approximate surface area is 90.3 Å². The molecule has 2 nitrogen and oxygen atoms in total. The summed E-state index contributed by atoms with van der Waals surface area (Å²) in [5.41, 5.74) is 1.36. The quantitative estimate of drug-likeness (QED) is 0.824. The first-order chi connectivity index (χ1) is 7.36. The monoisotopic (exact) mass is 200 g/mol. The fraction of sp³-hybridized carbons (Fsp3) is 0.308. The normalized spacial score (nSPS) is 12.9. The van der Waals surface area contributed by atoms with Gasteiger partial charge in [0.1, 0.15) is 0 Å². The van der Waals surface area contributed by atoms with Crippen molar-refractivity contribution in [3.8, 4) is 0 Å². The average Bonchev–Trinajstić information content (AvgIpc) is 2.31. The van der Waals surface area contributed by atoms with E-state index in [0.717, 1.165) is 6.42 Å². The maximum Gasteiger partial charge on any atom is 0.0346 e. The summed E-state index contributed by atoms with van der Waals surface area (Å²) in [6.45, 7) is 2.20. The molecule has 1 aromatic carbocycles. The molecule has 0 radical (unpaired) electrons. The van der Waals surface area contributed by atoms with Crippen LogP contribution in [0.4, 0.5) is 0 Å². The number of aromatic nitrogens is 1. The van der Waals surface area contributed by atoms with Crippen molar-refractivity contribution < 1.29 is 0 Å². The minimum absolute atomic E-state index is 0.427. The Morgan fingerprint density at radius 1 is 1.33 bits per heavy atom. The number of benzene rings is 1. The van der Waals surface area contributed by atoms with Crippen molar-refractivity contribution in [2.45, 2.75) is 19.4 Å². The molecule has 0 aliphatic heterocycles. The Kier molecular flexibility index (Phi) is 2.97. The zero-order valence-electron chi connectivity index (χ0n) is 9.20. The molecular weight excluding hydrogens is 184 g/mol. The Morgan fingerprint density at radius 3 is 2.93 bits per heavy atom. The van der Waals surface area contributed by atoms with Crippen molar-refractivity contribution in [2.24, 2.45) is 0 Å². The van der Waals surface area contributed by atoms with Crippen molar-refractivity contribution in [3.63, 3.8) is 0 Å². The van der Waals surface area contributed by atoms with E-state index in [1.807, 2.05) is 19.4 Å². The van der Waals surface area contributed by atoms with Gasteiger partial charge in [-0.3, -0.25) is 4.98 Å². The van der Waals surface area contributed by atoms with Crippen LogP contribution >= 0.6 is 0 Å². The van der Waals surface area contributed by atoms with Gasteiger partial charge in [-0.1, -0.05) is 25.1 Å². The fourth-order valence-electron chi connectivity index (χ4n) is 2.03. The summed E-state index contributed by atoms with van der Waals surface area (Å²) in [5.74, 6) is 0. The number of nitrogens with zero attached hydrogens (tertiary/aromatic N) is 1. The van der Waals surface area contributed by atoms with E-state index < -0.39 is 0 Å². The van der Waals surface area contributed by atoms with Crippen molar-refractivity contribution >= 4 is 10.8 Å². The maximum atomic E-state index is 4.14. The smallest absolute Gasteiger partial charge is 0.0346 e. The predicted molar refractivity (Wildman–Crippen MR) is 63.8 cm³/mol. The second-order valence-electron chi connectivity index (χ2n) is 3.69. The van der Waals surface area contributed by atoms with E-state index in [0.29, 0.717) is 6.04 Å². The van der Waals surface area contributed by atoms with Gasteiger partial charge >= 0.3 is 0 Å². The molecule has 1 heterocycles. The first kappa shape index (κ1) is 10.1. The second-order valence-corrected chi connectivity index (χ2v) is 3.69. The van der Waals surface area contributed by atoms with Crippen LogP contribution in [0.1, 0.15) is 24.9 Å². The largest absolute Gasteiger partial charge is 0.313 e. The number of hydrogen-bond donors (Lipinski definition) is 1. The topological polar surface area (TPSA) is 24.9 Å². The molecule has 0 fully saturated rings. The third-order valence-electron chi connectivity index (χ3n) is 2.85. The van der Waals surface area contributed by atoms with Gasteiger partial charge in [-0.05, 0) is 30.5 Å². The van der Waals surface area contributed by atoms with Crippen molar-refractivity contribution in [1.29, 1.82) is 0 Å². The van der Waals surface area contributed by atoms with Crippen LogP contribution in [-0.2, 0) is 0 Å². The van der Waals surface area contributed by atoms with E-state index in [9.17, 15) is 0 Å². The molecule has 1 aromatic heterocycles. The Morgan fingerprint density at radius 2 is 2.20 bits per heavy atom. The van der Waals surface area contributed by atoms with E-state index in [4.69, 9.17) is 0 Å². The minimum atomic E-state index is 0.427. The summed E-state index contributed by atoms with van der Waals surface area (Å²) in [7, 11) is 2.01. The molecule has 2 heteroatoms. The molecule has 0 amide bonds. The number of nitrogens with one attached hydrogen (secondary N) is 1. The zero-order valence-corrected chi connectivity index (χ0v) is 9.20. The zero-order chi connectivity index (χ0) is 10.7. The molecule has 0 saturated heterocycles. The molecule has 0 spiro atoms. The summed E-state index contributed by atoms with van der Waals surface area (Å²) >= 11 is 0. The Balaban J connectivity index is 2.59. The van der Waals surface area contributed by atoms with Gasteiger partial charge in [0, 0.05) is 23.8 Å². The number of pyridine rings is 1. The lowest BCUT2D eigenvalue weighted by Crippen LogP contribution is -2.15. The van der Waals surface area contributed by atoms with E-state index >= 15 is 0 Å². The Bertz CT molecular complexity index is 442. The number of fused-ring (bicyclic) bond motifs is 1. The lowest BCUT2D eigenvalue weighted by atomic mass is 9.98. The lowest BCUT2D eigenvalue weighted by molar-refractivity contribution is 0.581. The van der Waals surface area contributed by atoms with Gasteiger partial charge in [0.25, 0.3) is 0 Å². The molecule has 15 heavy (non-hydrogen) atoms. The van der Waals surface area contributed by atoms with Gasteiger partial charge < -0.3 is 5.32 Å².